The topological polar surface area (TPSA) is 146 Å². The van der Waals surface area contributed by atoms with E-state index in [-0.39, 0.29) is 0 Å². The molecule has 1 rings (SSSR count). The predicted octanol–water partition coefficient (Wildman–Crippen LogP) is -1.71. The summed E-state index contributed by atoms with van der Waals surface area (Å²) < 4.78 is 0. The Balaban J connectivity index is 2.68. The third-order valence-electron chi connectivity index (χ3n) is 3.40. The summed E-state index contributed by atoms with van der Waals surface area (Å²) in [4.78, 5) is 13.5. The second-order valence-corrected chi connectivity index (χ2v) is 5.92. The zero-order chi connectivity index (χ0) is 19.1. The Morgan fingerprint density at radius 1 is 1.28 bits per heavy atom. The summed E-state index contributed by atoms with van der Waals surface area (Å²) in [7, 11) is 3.71. The quantitative estimate of drug-likeness (QED) is 0.234. The van der Waals surface area contributed by atoms with Gasteiger partial charge < -0.3 is 30.4 Å². The highest BCUT2D eigenvalue weighted by molar-refractivity contribution is 6.33. The van der Waals surface area contributed by atoms with Crippen molar-refractivity contribution < 1.29 is 30.3 Å². The molecule has 0 fully saturated rings. The number of nitrogens with one attached hydrogen (secondary N) is 1. The highest BCUT2D eigenvalue weighted by Gasteiger charge is 2.34. The third kappa shape index (κ3) is 5.92. The van der Waals surface area contributed by atoms with Crippen molar-refractivity contribution in [2.45, 2.75) is 24.4 Å². The summed E-state index contributed by atoms with van der Waals surface area (Å²) in [5.41, 5.74) is 3.37. The van der Waals surface area contributed by atoms with Gasteiger partial charge in [0.2, 0.25) is 0 Å². The lowest BCUT2D eigenvalue weighted by Crippen LogP contribution is -2.50. The van der Waals surface area contributed by atoms with Gasteiger partial charge in [0.05, 0.1) is 17.8 Å². The molecule has 0 aliphatic carbocycles. The minimum atomic E-state index is -2.06. The first-order valence-electron chi connectivity index (χ1n) is 7.32. The number of anilines is 1. The number of nitrogens with zero attached hydrogens (tertiary/aromatic N) is 2. The van der Waals surface area contributed by atoms with Gasteiger partial charge in [-0.25, -0.2) is 5.43 Å². The van der Waals surface area contributed by atoms with E-state index in [0.29, 0.717) is 10.6 Å². The molecular formula is C15H22ClN3O6. The molecule has 0 aliphatic rings. The molecular weight excluding hydrogens is 354 g/mol. The van der Waals surface area contributed by atoms with Crippen LogP contribution in [0.25, 0.3) is 0 Å². The summed E-state index contributed by atoms with van der Waals surface area (Å²) in [6.45, 7) is -0.841. The van der Waals surface area contributed by atoms with E-state index in [1.165, 1.54) is 6.21 Å². The standard InChI is InChI=1S/C15H22ClN3O6/c1-19(2)9-4-3-8(10(16)5-9)6-17-18-15(25)14(24)13(23)12(22)11(21)7-20/h3-6,11-14,20-24H,7H2,1-2H3,(H,18,25)/b17-6+/t11-,12-,13-,14-/m1/s1. The maximum atomic E-state index is 11.7. The van der Waals surface area contributed by atoms with Gasteiger partial charge in [-0.15, -0.1) is 0 Å². The first-order chi connectivity index (χ1) is 11.7. The molecule has 1 aromatic carbocycles. The molecule has 6 N–H and O–H groups in total. The number of carbonyl (C=O) groups is 1. The molecule has 25 heavy (non-hydrogen) atoms. The van der Waals surface area contributed by atoms with Crippen molar-refractivity contribution in [1.29, 1.82) is 0 Å². The first kappa shape index (κ1) is 21.3. The fourth-order valence-electron chi connectivity index (χ4n) is 1.81. The van der Waals surface area contributed by atoms with Crippen LogP contribution in [0.2, 0.25) is 5.02 Å². The van der Waals surface area contributed by atoms with Gasteiger partial charge in [0.25, 0.3) is 5.91 Å². The first-order valence-corrected chi connectivity index (χ1v) is 7.69. The lowest BCUT2D eigenvalue weighted by molar-refractivity contribution is -0.148. The molecule has 4 atom stereocenters. The summed E-state index contributed by atoms with van der Waals surface area (Å²) >= 11 is 6.09. The fourth-order valence-corrected chi connectivity index (χ4v) is 2.03. The molecule has 10 heteroatoms. The SMILES string of the molecule is CN(C)c1ccc(/C=N/NC(=O)[C@H](O)[C@H](O)[C@H](O)[C@H](O)CO)c(Cl)c1. The van der Waals surface area contributed by atoms with E-state index in [0.717, 1.165) is 5.69 Å². The summed E-state index contributed by atoms with van der Waals surface area (Å²) in [6.07, 6.45) is -6.41. The minimum Gasteiger partial charge on any atom is -0.394 e. The zero-order valence-electron chi connectivity index (χ0n) is 13.7. The number of hydrogen-bond donors (Lipinski definition) is 6. The summed E-state index contributed by atoms with van der Waals surface area (Å²) in [5, 5.41) is 50.6. The van der Waals surface area contributed by atoms with Crippen molar-refractivity contribution in [3.05, 3.63) is 28.8 Å². The summed E-state index contributed by atoms with van der Waals surface area (Å²) in [5.74, 6) is -1.10. The largest absolute Gasteiger partial charge is 0.394 e. The molecule has 0 unspecified atom stereocenters. The number of hydrogen-bond acceptors (Lipinski definition) is 8. The van der Waals surface area contributed by atoms with E-state index in [1.807, 2.05) is 24.4 Å². The van der Waals surface area contributed by atoms with Gasteiger partial charge in [0.1, 0.15) is 18.3 Å². The average Bonchev–Trinajstić information content (AvgIpc) is 2.59. The molecule has 0 bridgehead atoms. The van der Waals surface area contributed by atoms with Crippen LogP contribution in [-0.4, -0.2) is 82.8 Å². The normalized spacial score (nSPS) is 16.3. The molecule has 0 radical (unpaired) electrons. The van der Waals surface area contributed by atoms with Crippen molar-refractivity contribution in [3.63, 3.8) is 0 Å². The molecule has 0 saturated carbocycles. The lowest BCUT2D eigenvalue weighted by atomic mass is 10.0. The van der Waals surface area contributed by atoms with Crippen LogP contribution in [0.5, 0.6) is 0 Å². The highest BCUT2D eigenvalue weighted by atomic mass is 35.5. The summed E-state index contributed by atoms with van der Waals surface area (Å²) in [6, 6.07) is 5.18. The van der Waals surface area contributed by atoms with Gasteiger partial charge in [-0.2, -0.15) is 5.10 Å². The van der Waals surface area contributed by atoms with Crippen molar-refractivity contribution in [1.82, 2.24) is 5.43 Å². The molecule has 1 amide bonds. The van der Waals surface area contributed by atoms with Gasteiger partial charge in [-0.1, -0.05) is 11.6 Å². The molecule has 0 aliphatic heterocycles. The van der Waals surface area contributed by atoms with Crippen molar-refractivity contribution in [2.75, 3.05) is 25.6 Å². The van der Waals surface area contributed by atoms with Crippen LogP contribution in [0.3, 0.4) is 0 Å². The van der Waals surface area contributed by atoms with Crippen LogP contribution in [0.15, 0.2) is 23.3 Å². The molecule has 1 aromatic rings. The van der Waals surface area contributed by atoms with Crippen molar-refractivity contribution in [2.24, 2.45) is 5.10 Å². The predicted molar refractivity (Wildman–Crippen MR) is 92.6 cm³/mol. The van der Waals surface area contributed by atoms with Crippen LogP contribution in [0.4, 0.5) is 5.69 Å². The Kier molecular flexibility index (Phi) is 8.23. The molecule has 0 heterocycles. The number of halogens is 1. The van der Waals surface area contributed by atoms with Crippen molar-refractivity contribution in [3.8, 4) is 0 Å². The average molecular weight is 376 g/mol. The molecule has 0 aromatic heterocycles. The number of amides is 1. The third-order valence-corrected chi connectivity index (χ3v) is 3.73. The van der Waals surface area contributed by atoms with E-state index in [4.69, 9.17) is 16.7 Å². The number of aliphatic hydroxyl groups excluding tert-OH is 5. The van der Waals surface area contributed by atoms with Crippen LogP contribution in [0.1, 0.15) is 5.56 Å². The molecule has 0 spiro atoms. The van der Waals surface area contributed by atoms with E-state index in [1.54, 1.807) is 18.2 Å². The Morgan fingerprint density at radius 2 is 1.92 bits per heavy atom. The van der Waals surface area contributed by atoms with Gasteiger partial charge in [0, 0.05) is 25.3 Å². The van der Waals surface area contributed by atoms with E-state index < -0.39 is 36.9 Å². The molecule has 0 saturated heterocycles. The van der Waals surface area contributed by atoms with E-state index in [2.05, 4.69) is 5.10 Å². The maximum absolute atomic E-state index is 11.7. The van der Waals surface area contributed by atoms with Crippen LogP contribution in [0, 0.1) is 0 Å². The van der Waals surface area contributed by atoms with Crippen LogP contribution >= 0.6 is 11.6 Å². The monoisotopic (exact) mass is 375 g/mol. The Labute approximate surface area is 149 Å². The second kappa shape index (κ2) is 9.66. The minimum absolute atomic E-state index is 0.395. The Hall–Kier alpha value is -1.75. The van der Waals surface area contributed by atoms with Gasteiger partial charge in [0.15, 0.2) is 6.10 Å². The number of benzene rings is 1. The van der Waals surface area contributed by atoms with E-state index >= 15 is 0 Å². The number of hydrazone groups is 1. The molecule has 9 nitrogen and oxygen atoms in total. The number of aliphatic hydroxyl groups is 5. The Morgan fingerprint density at radius 3 is 2.44 bits per heavy atom. The highest BCUT2D eigenvalue weighted by Crippen LogP contribution is 2.21. The van der Waals surface area contributed by atoms with Crippen LogP contribution < -0.4 is 10.3 Å². The number of carbonyl (C=O) groups excluding carboxylic acids is 1. The van der Waals surface area contributed by atoms with Crippen molar-refractivity contribution >= 4 is 29.4 Å². The van der Waals surface area contributed by atoms with E-state index in [9.17, 15) is 25.2 Å². The van der Waals surface area contributed by atoms with Gasteiger partial charge in [-0.3, -0.25) is 4.79 Å². The van der Waals surface area contributed by atoms with Gasteiger partial charge in [-0.05, 0) is 18.2 Å². The molecule has 140 valence electrons. The fraction of sp³-hybridized carbons (Fsp3) is 0.467. The number of rotatable bonds is 8. The van der Waals surface area contributed by atoms with Crippen LogP contribution in [-0.2, 0) is 4.79 Å². The smallest absolute Gasteiger partial charge is 0.271 e. The Bertz CT molecular complexity index is 613. The lowest BCUT2D eigenvalue weighted by Gasteiger charge is -2.24. The van der Waals surface area contributed by atoms with Gasteiger partial charge >= 0.3 is 0 Å². The zero-order valence-corrected chi connectivity index (χ0v) is 14.5. The maximum Gasteiger partial charge on any atom is 0.271 e. The second-order valence-electron chi connectivity index (χ2n) is 5.51.